The monoisotopic (exact) mass is 341 g/mol. The van der Waals surface area contributed by atoms with Crippen LogP contribution in [-0.2, 0) is 6.54 Å². The van der Waals surface area contributed by atoms with Crippen molar-refractivity contribution in [2.75, 3.05) is 26.2 Å². The molecule has 1 atom stereocenters. The van der Waals surface area contributed by atoms with Crippen LogP contribution in [0.25, 0.3) is 0 Å². The third-order valence-electron chi connectivity index (χ3n) is 5.12. The molecule has 24 heavy (non-hydrogen) atoms. The summed E-state index contributed by atoms with van der Waals surface area (Å²) < 4.78 is 0. The molecule has 2 aromatic carbocycles. The number of quaternary nitrogens is 2. The lowest BCUT2D eigenvalue weighted by Gasteiger charge is -2.33. The van der Waals surface area contributed by atoms with E-state index in [1.54, 1.807) is 9.80 Å². The van der Waals surface area contributed by atoms with Crippen LogP contribution in [0.5, 0.6) is 0 Å². The fraction of sp³-hybridized carbons (Fsp3) is 0.350. The maximum atomic E-state index is 8.88. The standard InChI is InChI=1S/C20H22ClN3/c1-16(19-4-2-3-5-20(19)21)24-12-10-23(11-13-24)15-18-8-6-17(14-22)7-9-18/h2-9,16H,10-13,15H2,1H3/p+2/t16-/m0/s1. The molecule has 0 aliphatic carbocycles. The lowest BCUT2D eigenvalue weighted by atomic mass is 10.1. The molecular weight excluding hydrogens is 318 g/mol. The van der Waals surface area contributed by atoms with E-state index >= 15 is 0 Å². The van der Waals surface area contributed by atoms with Gasteiger partial charge in [0.2, 0.25) is 0 Å². The summed E-state index contributed by atoms with van der Waals surface area (Å²) in [5, 5.41) is 9.76. The summed E-state index contributed by atoms with van der Waals surface area (Å²) >= 11 is 6.36. The first-order valence-electron chi connectivity index (χ1n) is 8.59. The van der Waals surface area contributed by atoms with Crippen molar-refractivity contribution in [2.24, 2.45) is 0 Å². The normalized spacial score (nSPS) is 21.9. The average Bonchev–Trinajstić information content (AvgIpc) is 2.63. The fourth-order valence-electron chi connectivity index (χ4n) is 3.57. The van der Waals surface area contributed by atoms with Crippen LogP contribution in [0.4, 0.5) is 0 Å². The predicted octanol–water partition coefficient (Wildman–Crippen LogP) is 1.26. The van der Waals surface area contributed by atoms with Gasteiger partial charge < -0.3 is 9.80 Å². The molecule has 2 aromatic rings. The molecule has 0 unspecified atom stereocenters. The van der Waals surface area contributed by atoms with E-state index in [9.17, 15) is 0 Å². The summed E-state index contributed by atoms with van der Waals surface area (Å²) in [6.45, 7) is 7.99. The number of hydrogen-bond donors (Lipinski definition) is 2. The zero-order valence-corrected chi connectivity index (χ0v) is 14.8. The Bertz CT molecular complexity index is 712. The highest BCUT2D eigenvalue weighted by Gasteiger charge is 2.28. The van der Waals surface area contributed by atoms with E-state index < -0.39 is 0 Å². The summed E-state index contributed by atoms with van der Waals surface area (Å²) in [6, 6.07) is 18.8. The van der Waals surface area contributed by atoms with Crippen molar-refractivity contribution in [3.63, 3.8) is 0 Å². The maximum absolute atomic E-state index is 8.88. The quantitative estimate of drug-likeness (QED) is 0.862. The van der Waals surface area contributed by atoms with Gasteiger partial charge in [-0.25, -0.2) is 0 Å². The Labute approximate surface area is 149 Å². The Morgan fingerprint density at radius 2 is 1.71 bits per heavy atom. The second-order valence-electron chi connectivity index (χ2n) is 6.64. The summed E-state index contributed by atoms with van der Waals surface area (Å²) in [7, 11) is 0. The molecule has 1 heterocycles. The Morgan fingerprint density at radius 1 is 1.04 bits per heavy atom. The van der Waals surface area contributed by atoms with E-state index in [-0.39, 0.29) is 0 Å². The molecule has 0 aromatic heterocycles. The van der Waals surface area contributed by atoms with Crippen LogP contribution in [0.1, 0.15) is 29.7 Å². The Morgan fingerprint density at radius 3 is 2.33 bits per heavy atom. The van der Waals surface area contributed by atoms with Gasteiger partial charge >= 0.3 is 0 Å². The van der Waals surface area contributed by atoms with Crippen LogP contribution < -0.4 is 9.80 Å². The van der Waals surface area contributed by atoms with Gasteiger partial charge in [-0.05, 0) is 25.1 Å². The SMILES string of the molecule is C[C@@H](c1ccccc1Cl)[NH+]1CC[NH+](Cc2ccc(C#N)cc2)CC1. The lowest BCUT2D eigenvalue weighted by Crippen LogP contribution is -3.27. The molecule has 0 saturated carbocycles. The molecule has 1 fully saturated rings. The van der Waals surface area contributed by atoms with Gasteiger partial charge in [0.25, 0.3) is 0 Å². The van der Waals surface area contributed by atoms with Gasteiger partial charge in [0.15, 0.2) is 0 Å². The van der Waals surface area contributed by atoms with E-state index in [2.05, 4.69) is 37.3 Å². The minimum absolute atomic E-state index is 0.440. The third-order valence-corrected chi connectivity index (χ3v) is 5.46. The van der Waals surface area contributed by atoms with Crippen LogP contribution in [-0.4, -0.2) is 26.2 Å². The van der Waals surface area contributed by atoms with Crippen molar-refractivity contribution in [1.82, 2.24) is 0 Å². The minimum Gasteiger partial charge on any atom is -0.322 e. The van der Waals surface area contributed by atoms with Crippen LogP contribution in [0.3, 0.4) is 0 Å². The third kappa shape index (κ3) is 3.96. The van der Waals surface area contributed by atoms with Gasteiger partial charge in [-0.1, -0.05) is 41.9 Å². The molecule has 0 spiro atoms. The van der Waals surface area contributed by atoms with Crippen LogP contribution in [0.2, 0.25) is 5.02 Å². The highest BCUT2D eigenvalue weighted by Crippen LogP contribution is 2.20. The van der Waals surface area contributed by atoms with E-state index in [0.29, 0.717) is 6.04 Å². The van der Waals surface area contributed by atoms with Gasteiger partial charge in [0.05, 0.1) is 11.6 Å². The fourth-order valence-corrected chi connectivity index (χ4v) is 3.87. The first-order valence-corrected chi connectivity index (χ1v) is 8.97. The molecule has 0 amide bonds. The highest BCUT2D eigenvalue weighted by atomic mass is 35.5. The molecule has 1 aliphatic heterocycles. The number of nitrogens with one attached hydrogen (secondary N) is 2. The molecule has 1 aliphatic rings. The predicted molar refractivity (Wildman–Crippen MR) is 96.1 cm³/mol. The Kier molecular flexibility index (Phi) is 5.52. The summed E-state index contributed by atoms with van der Waals surface area (Å²) in [5.41, 5.74) is 3.30. The number of piperazine rings is 1. The molecule has 3 nitrogen and oxygen atoms in total. The van der Waals surface area contributed by atoms with E-state index in [1.807, 2.05) is 24.3 Å². The molecule has 1 saturated heterocycles. The number of benzene rings is 2. The lowest BCUT2D eigenvalue weighted by molar-refractivity contribution is -1.03. The van der Waals surface area contributed by atoms with Gasteiger partial charge in [-0.2, -0.15) is 5.26 Å². The van der Waals surface area contributed by atoms with Crippen molar-refractivity contribution >= 4 is 11.6 Å². The van der Waals surface area contributed by atoms with Crippen molar-refractivity contribution < 1.29 is 9.80 Å². The second kappa shape index (κ2) is 7.81. The number of nitrogens with zero attached hydrogens (tertiary/aromatic N) is 1. The van der Waals surface area contributed by atoms with Crippen LogP contribution in [0.15, 0.2) is 48.5 Å². The minimum atomic E-state index is 0.440. The first kappa shape index (κ1) is 17.0. The first-order chi connectivity index (χ1) is 11.7. The van der Waals surface area contributed by atoms with E-state index in [1.165, 1.54) is 24.2 Å². The zero-order valence-electron chi connectivity index (χ0n) is 14.1. The van der Waals surface area contributed by atoms with Crippen LogP contribution in [0, 0.1) is 11.3 Å². The number of halogens is 1. The number of rotatable bonds is 4. The van der Waals surface area contributed by atoms with E-state index in [4.69, 9.17) is 16.9 Å². The van der Waals surface area contributed by atoms with Crippen molar-refractivity contribution in [3.8, 4) is 6.07 Å². The largest absolute Gasteiger partial charge is 0.322 e. The van der Waals surface area contributed by atoms with Gasteiger partial charge in [-0.3, -0.25) is 0 Å². The van der Waals surface area contributed by atoms with E-state index in [0.717, 1.165) is 30.2 Å². The number of nitriles is 1. The second-order valence-corrected chi connectivity index (χ2v) is 7.04. The van der Waals surface area contributed by atoms with Gasteiger partial charge in [0, 0.05) is 16.1 Å². The molecule has 2 N–H and O–H groups in total. The summed E-state index contributed by atoms with van der Waals surface area (Å²) in [5.74, 6) is 0. The van der Waals surface area contributed by atoms with Crippen molar-refractivity contribution in [2.45, 2.75) is 19.5 Å². The van der Waals surface area contributed by atoms with Crippen molar-refractivity contribution in [1.29, 1.82) is 5.26 Å². The molecule has 3 rings (SSSR count). The summed E-state index contributed by atoms with van der Waals surface area (Å²) in [4.78, 5) is 3.24. The topological polar surface area (TPSA) is 32.7 Å². The molecule has 124 valence electrons. The molecular formula is C20H24ClN3+2. The highest BCUT2D eigenvalue weighted by molar-refractivity contribution is 6.31. The Hall–Kier alpha value is -1.86. The summed E-state index contributed by atoms with van der Waals surface area (Å²) in [6.07, 6.45) is 0. The smallest absolute Gasteiger partial charge is 0.127 e. The van der Waals surface area contributed by atoms with Gasteiger partial charge in [0.1, 0.15) is 38.8 Å². The zero-order chi connectivity index (χ0) is 16.9. The number of hydrogen-bond acceptors (Lipinski definition) is 1. The average molecular weight is 342 g/mol. The maximum Gasteiger partial charge on any atom is 0.127 e. The molecule has 4 heteroatoms. The van der Waals surface area contributed by atoms with Crippen LogP contribution >= 0.6 is 11.6 Å². The van der Waals surface area contributed by atoms with Crippen molar-refractivity contribution in [3.05, 3.63) is 70.2 Å². The Balaban J connectivity index is 1.55. The van der Waals surface area contributed by atoms with Gasteiger partial charge in [-0.15, -0.1) is 0 Å². The molecule has 0 bridgehead atoms. The molecule has 0 radical (unpaired) electrons.